The molecule has 24 heavy (non-hydrogen) atoms. The minimum atomic E-state index is 1.04. The zero-order valence-electron chi connectivity index (χ0n) is 16.7. The fourth-order valence-corrected chi connectivity index (χ4v) is 6.71. The molecule has 3 nitrogen and oxygen atoms in total. The van der Waals surface area contributed by atoms with Crippen LogP contribution in [0.5, 0.6) is 0 Å². The Bertz CT molecular complexity index is 369. The van der Waals surface area contributed by atoms with Gasteiger partial charge in [-0.05, 0) is 0 Å². The van der Waals surface area contributed by atoms with Crippen molar-refractivity contribution in [1.29, 1.82) is 0 Å². The minimum absolute atomic E-state index is 1.04. The number of hydrogen-bond donors (Lipinski definition) is 0. The summed E-state index contributed by atoms with van der Waals surface area (Å²) in [6.07, 6.45) is 8.83. The summed E-state index contributed by atoms with van der Waals surface area (Å²) < 4.78 is 4.18. The van der Waals surface area contributed by atoms with E-state index in [1.807, 2.05) is 0 Å². The van der Waals surface area contributed by atoms with Crippen LogP contribution in [0.2, 0.25) is 0 Å². The lowest BCUT2D eigenvalue weighted by molar-refractivity contribution is -0.904. The lowest BCUT2D eigenvalue weighted by Gasteiger charge is -2.31. The van der Waals surface area contributed by atoms with E-state index < -0.39 is 0 Å². The summed E-state index contributed by atoms with van der Waals surface area (Å²) in [7, 11) is 7.66. The molecular weight excluding hydrogens is 294 g/mol. The first-order valence-electron chi connectivity index (χ1n) is 10.9. The summed E-state index contributed by atoms with van der Waals surface area (Å²) in [6.45, 7) is 13.2. The van der Waals surface area contributed by atoms with Crippen molar-refractivity contribution in [2.24, 2.45) is 17.8 Å². The summed E-state index contributed by atoms with van der Waals surface area (Å²) in [5.41, 5.74) is 0. The highest BCUT2D eigenvalue weighted by Crippen LogP contribution is 2.51. The highest BCUT2D eigenvalue weighted by molar-refractivity contribution is 4.97. The molecule has 0 aromatic rings. The lowest BCUT2D eigenvalue weighted by Crippen LogP contribution is -2.45. The van der Waals surface area contributed by atoms with Crippen LogP contribution in [0.15, 0.2) is 0 Å². The normalized spacial score (nSPS) is 39.4. The average Bonchev–Trinajstić information content (AvgIpc) is 3.02. The van der Waals surface area contributed by atoms with Crippen molar-refractivity contribution in [3.05, 3.63) is 0 Å². The summed E-state index contributed by atoms with van der Waals surface area (Å²) in [5.74, 6) is 3.12. The minimum Gasteiger partial charge on any atom is -0.326 e. The third kappa shape index (κ3) is 3.54. The predicted molar refractivity (Wildman–Crippen MR) is 101 cm³/mol. The molecule has 3 saturated heterocycles. The van der Waals surface area contributed by atoms with E-state index in [0.29, 0.717) is 0 Å². The predicted octanol–water partition coefficient (Wildman–Crippen LogP) is 2.57. The van der Waals surface area contributed by atoms with E-state index in [1.54, 1.807) is 0 Å². The van der Waals surface area contributed by atoms with Gasteiger partial charge >= 0.3 is 0 Å². The number of rotatable bonds is 6. The first kappa shape index (κ1) is 17.3. The molecular formula is C21H42N3+3. The van der Waals surface area contributed by atoms with Gasteiger partial charge in [0.15, 0.2) is 0 Å². The molecule has 0 aromatic heterocycles. The Labute approximate surface area is 150 Å². The van der Waals surface area contributed by atoms with Crippen LogP contribution in [0.4, 0.5) is 0 Å². The number of likely N-dealkylation sites (tertiary alicyclic amines) is 3. The Morgan fingerprint density at radius 2 is 0.667 bits per heavy atom. The summed E-state index contributed by atoms with van der Waals surface area (Å²) in [6, 6.07) is 0. The van der Waals surface area contributed by atoms with Gasteiger partial charge in [-0.25, -0.2) is 0 Å². The van der Waals surface area contributed by atoms with Crippen molar-refractivity contribution in [2.75, 3.05) is 80.0 Å². The second kappa shape index (κ2) is 6.25. The summed E-state index contributed by atoms with van der Waals surface area (Å²) in [4.78, 5) is 0. The molecule has 138 valence electrons. The van der Waals surface area contributed by atoms with Crippen molar-refractivity contribution in [1.82, 2.24) is 0 Å². The lowest BCUT2D eigenvalue weighted by atomic mass is 10.2. The fourth-order valence-electron chi connectivity index (χ4n) is 6.71. The van der Waals surface area contributed by atoms with E-state index in [9.17, 15) is 0 Å². The molecule has 4 rings (SSSR count). The Morgan fingerprint density at radius 1 is 0.458 bits per heavy atom. The van der Waals surface area contributed by atoms with Gasteiger partial charge in [0.2, 0.25) is 0 Å². The van der Waals surface area contributed by atoms with Gasteiger partial charge < -0.3 is 13.4 Å². The van der Waals surface area contributed by atoms with Gasteiger partial charge in [0, 0.05) is 56.3 Å². The van der Waals surface area contributed by atoms with Gasteiger partial charge in [-0.15, -0.1) is 0 Å². The first-order chi connectivity index (χ1) is 11.4. The van der Waals surface area contributed by atoms with Crippen molar-refractivity contribution < 1.29 is 13.4 Å². The third-order valence-corrected chi connectivity index (χ3v) is 8.40. The van der Waals surface area contributed by atoms with Crippen LogP contribution >= 0.6 is 0 Å². The molecule has 0 spiro atoms. The molecule has 3 heterocycles. The SMILES string of the molecule is C[N+]1(CC2C(C[N+]3(C)CCCC3)C2C[N+]2(C)CCCC2)CCCC1. The highest BCUT2D eigenvalue weighted by Gasteiger charge is 2.59. The van der Waals surface area contributed by atoms with E-state index in [2.05, 4.69) is 21.1 Å². The topological polar surface area (TPSA) is 0 Å². The molecule has 0 radical (unpaired) electrons. The molecule has 0 unspecified atom stereocenters. The molecule has 0 aromatic carbocycles. The Balaban J connectivity index is 1.42. The summed E-state index contributed by atoms with van der Waals surface area (Å²) >= 11 is 0. The molecule has 4 aliphatic rings. The van der Waals surface area contributed by atoms with Crippen molar-refractivity contribution >= 4 is 0 Å². The van der Waals surface area contributed by atoms with Crippen LogP contribution in [0, 0.1) is 17.8 Å². The Kier molecular flexibility index (Phi) is 4.50. The molecule has 0 N–H and O–H groups in total. The van der Waals surface area contributed by atoms with Gasteiger partial charge in [-0.3, -0.25) is 0 Å². The van der Waals surface area contributed by atoms with Crippen LogP contribution in [0.25, 0.3) is 0 Å². The Hall–Kier alpha value is -0.120. The molecule has 1 saturated carbocycles. The standard InChI is InChI=1S/C21H42N3/c1-22(10-4-5-11-22)16-19-20(17-23(2)12-6-7-13-23)21(19)18-24(3)14-8-9-15-24/h19-21H,4-18H2,1-3H3/q+3. The molecule has 0 atom stereocenters. The van der Waals surface area contributed by atoms with Crippen LogP contribution in [-0.4, -0.2) is 93.5 Å². The van der Waals surface area contributed by atoms with Crippen LogP contribution in [-0.2, 0) is 0 Å². The van der Waals surface area contributed by atoms with E-state index >= 15 is 0 Å². The zero-order chi connectivity index (χ0) is 16.8. The molecule has 0 amide bonds. The maximum Gasteiger partial charge on any atom is 0.0823 e. The van der Waals surface area contributed by atoms with Gasteiger partial charge in [-0.1, -0.05) is 0 Å². The molecule has 1 aliphatic carbocycles. The summed E-state index contributed by atoms with van der Waals surface area (Å²) in [5, 5.41) is 0. The van der Waals surface area contributed by atoms with Crippen LogP contribution in [0.1, 0.15) is 38.5 Å². The largest absolute Gasteiger partial charge is 0.326 e. The van der Waals surface area contributed by atoms with Gasteiger partial charge in [-0.2, -0.15) is 0 Å². The fraction of sp³-hybridized carbons (Fsp3) is 1.00. The second-order valence-electron chi connectivity index (χ2n) is 10.9. The number of quaternary nitrogens is 3. The van der Waals surface area contributed by atoms with E-state index in [4.69, 9.17) is 0 Å². The van der Waals surface area contributed by atoms with Crippen molar-refractivity contribution in [3.63, 3.8) is 0 Å². The maximum atomic E-state index is 2.55. The van der Waals surface area contributed by atoms with E-state index in [-0.39, 0.29) is 0 Å². The van der Waals surface area contributed by atoms with E-state index in [0.717, 1.165) is 17.8 Å². The quantitative estimate of drug-likeness (QED) is 0.654. The second-order valence-corrected chi connectivity index (χ2v) is 10.9. The van der Waals surface area contributed by atoms with Crippen molar-refractivity contribution in [3.8, 4) is 0 Å². The monoisotopic (exact) mass is 336 g/mol. The van der Waals surface area contributed by atoms with Gasteiger partial charge in [0.25, 0.3) is 0 Å². The number of hydrogen-bond acceptors (Lipinski definition) is 0. The highest BCUT2D eigenvalue weighted by atomic mass is 15.4. The third-order valence-electron chi connectivity index (χ3n) is 8.40. The van der Waals surface area contributed by atoms with Gasteiger partial charge in [0.05, 0.1) is 80.0 Å². The smallest absolute Gasteiger partial charge is 0.0823 e. The first-order valence-corrected chi connectivity index (χ1v) is 10.9. The molecule has 3 aliphatic heterocycles. The zero-order valence-corrected chi connectivity index (χ0v) is 16.7. The molecule has 3 heteroatoms. The van der Waals surface area contributed by atoms with Crippen molar-refractivity contribution in [2.45, 2.75) is 38.5 Å². The Morgan fingerprint density at radius 3 is 0.875 bits per heavy atom. The molecule has 0 bridgehead atoms. The van der Waals surface area contributed by atoms with Crippen LogP contribution in [0.3, 0.4) is 0 Å². The van der Waals surface area contributed by atoms with E-state index in [1.165, 1.54) is 111 Å². The van der Waals surface area contributed by atoms with Crippen LogP contribution < -0.4 is 0 Å². The number of nitrogens with zero attached hydrogens (tertiary/aromatic N) is 3. The average molecular weight is 337 g/mol. The maximum absolute atomic E-state index is 2.55. The van der Waals surface area contributed by atoms with Gasteiger partial charge in [0.1, 0.15) is 0 Å². The molecule has 4 fully saturated rings.